The summed E-state index contributed by atoms with van der Waals surface area (Å²) in [6.07, 6.45) is -1.10. The van der Waals surface area contributed by atoms with E-state index in [1.165, 1.54) is 34.3 Å². The van der Waals surface area contributed by atoms with Gasteiger partial charge in [0.05, 0.1) is 15.5 Å². The smallest absolute Gasteiger partial charge is 0.340 e. The number of likely N-dealkylation sites (N-methyl/N-ethyl adjacent to an activating group) is 1. The van der Waals surface area contributed by atoms with E-state index in [0.717, 1.165) is 0 Å². The highest BCUT2D eigenvalue weighted by molar-refractivity contribution is 7.89. The third-order valence-electron chi connectivity index (χ3n) is 4.61. The summed E-state index contributed by atoms with van der Waals surface area (Å²) < 4.78 is 32.0. The molecule has 30 heavy (non-hydrogen) atoms. The average Bonchev–Trinajstić information content (AvgIpc) is 2.73. The summed E-state index contributed by atoms with van der Waals surface area (Å²) in [6.45, 7) is 5.48. The minimum absolute atomic E-state index is 0.0366. The number of ether oxygens (including phenoxy) is 1. The van der Waals surface area contributed by atoms with Crippen LogP contribution in [0, 0.1) is 0 Å². The fourth-order valence-electron chi connectivity index (χ4n) is 2.86. The molecule has 0 aliphatic carbocycles. The van der Waals surface area contributed by atoms with Gasteiger partial charge in [-0.3, -0.25) is 4.79 Å². The number of benzene rings is 2. The number of hydrogen-bond donors (Lipinski definition) is 0. The van der Waals surface area contributed by atoms with Crippen LogP contribution in [0.4, 0.5) is 5.69 Å². The van der Waals surface area contributed by atoms with Gasteiger partial charge in [0.2, 0.25) is 10.0 Å². The summed E-state index contributed by atoms with van der Waals surface area (Å²) in [5.41, 5.74) is 0.530. The van der Waals surface area contributed by atoms with Gasteiger partial charge in [0.1, 0.15) is 0 Å². The van der Waals surface area contributed by atoms with Gasteiger partial charge in [0.25, 0.3) is 5.91 Å². The average molecular weight is 453 g/mol. The second-order valence-electron chi connectivity index (χ2n) is 6.51. The van der Waals surface area contributed by atoms with Crippen molar-refractivity contribution >= 4 is 39.2 Å². The molecule has 0 bridgehead atoms. The molecule has 1 amide bonds. The maximum atomic E-state index is 12.7. The van der Waals surface area contributed by atoms with E-state index in [1.54, 1.807) is 45.2 Å². The molecule has 1 atom stereocenters. The second-order valence-corrected chi connectivity index (χ2v) is 8.86. The third kappa shape index (κ3) is 5.19. The van der Waals surface area contributed by atoms with Crippen molar-refractivity contribution in [1.29, 1.82) is 0 Å². The molecule has 2 rings (SSSR count). The summed E-state index contributed by atoms with van der Waals surface area (Å²) in [4.78, 5) is 26.6. The van der Waals surface area contributed by atoms with Crippen LogP contribution in [-0.4, -0.2) is 50.8 Å². The molecule has 2 aromatic carbocycles. The molecular weight excluding hydrogens is 428 g/mol. The lowest BCUT2D eigenvalue weighted by molar-refractivity contribution is -0.126. The number of halogens is 1. The number of amides is 1. The van der Waals surface area contributed by atoms with Crippen LogP contribution in [0.1, 0.15) is 31.1 Å². The molecule has 0 fully saturated rings. The molecule has 9 heteroatoms. The van der Waals surface area contributed by atoms with Crippen molar-refractivity contribution in [2.45, 2.75) is 31.8 Å². The zero-order valence-electron chi connectivity index (χ0n) is 17.3. The van der Waals surface area contributed by atoms with Crippen molar-refractivity contribution in [3.63, 3.8) is 0 Å². The first-order valence-electron chi connectivity index (χ1n) is 9.46. The van der Waals surface area contributed by atoms with Crippen LogP contribution in [0.2, 0.25) is 5.02 Å². The van der Waals surface area contributed by atoms with Gasteiger partial charge in [-0.15, -0.1) is 0 Å². The van der Waals surface area contributed by atoms with Crippen LogP contribution < -0.4 is 4.90 Å². The summed E-state index contributed by atoms with van der Waals surface area (Å²) in [5, 5.41) is 0.0366. The van der Waals surface area contributed by atoms with Gasteiger partial charge < -0.3 is 9.64 Å². The van der Waals surface area contributed by atoms with Gasteiger partial charge in [-0.2, -0.15) is 4.31 Å². The number of rotatable bonds is 8. The number of sulfonamides is 1. The van der Waals surface area contributed by atoms with Crippen LogP contribution >= 0.6 is 11.6 Å². The number of hydrogen-bond acceptors (Lipinski definition) is 5. The van der Waals surface area contributed by atoms with E-state index < -0.39 is 28.0 Å². The molecule has 0 saturated carbocycles. The molecule has 0 unspecified atom stereocenters. The number of esters is 1. The van der Waals surface area contributed by atoms with Gasteiger partial charge in [0, 0.05) is 25.8 Å². The van der Waals surface area contributed by atoms with Crippen LogP contribution in [0.5, 0.6) is 0 Å². The number of para-hydroxylation sites is 1. The van der Waals surface area contributed by atoms with Crippen LogP contribution in [0.3, 0.4) is 0 Å². The lowest BCUT2D eigenvalue weighted by atomic mass is 10.2. The Balaban J connectivity index is 2.23. The topological polar surface area (TPSA) is 84.0 Å². The molecular formula is C21H25ClN2O5S. The van der Waals surface area contributed by atoms with Gasteiger partial charge in [0.15, 0.2) is 6.10 Å². The molecule has 0 N–H and O–H groups in total. The molecule has 0 aromatic heterocycles. The monoisotopic (exact) mass is 452 g/mol. The van der Waals surface area contributed by atoms with Crippen molar-refractivity contribution in [3.8, 4) is 0 Å². The molecule has 0 spiro atoms. The largest absolute Gasteiger partial charge is 0.449 e. The lowest BCUT2D eigenvalue weighted by Crippen LogP contribution is -2.37. The zero-order chi connectivity index (χ0) is 22.5. The van der Waals surface area contributed by atoms with Crippen LogP contribution in [0.25, 0.3) is 0 Å². The highest BCUT2D eigenvalue weighted by atomic mass is 35.5. The summed E-state index contributed by atoms with van der Waals surface area (Å²) >= 11 is 6.11. The van der Waals surface area contributed by atoms with Crippen molar-refractivity contribution in [1.82, 2.24) is 4.31 Å². The standard InChI is InChI=1S/C21H25ClN2O5S/c1-5-24(6-2)30(27,28)17-12-13-19(22)18(14-17)21(26)29-15(3)20(25)23(4)16-10-8-7-9-11-16/h7-15H,5-6H2,1-4H3/t15-/m0/s1. The normalized spacial score (nSPS) is 12.5. The Kier molecular flexibility index (Phi) is 8.00. The first-order valence-corrected chi connectivity index (χ1v) is 11.3. The molecule has 0 heterocycles. The molecule has 162 valence electrons. The van der Waals surface area contributed by atoms with E-state index >= 15 is 0 Å². The predicted octanol–water partition coefficient (Wildman–Crippen LogP) is 3.58. The van der Waals surface area contributed by atoms with Gasteiger partial charge in [-0.25, -0.2) is 13.2 Å². The fraction of sp³-hybridized carbons (Fsp3) is 0.333. The minimum atomic E-state index is -3.78. The summed E-state index contributed by atoms with van der Waals surface area (Å²) in [5.74, 6) is -1.31. The third-order valence-corrected chi connectivity index (χ3v) is 6.98. The Bertz CT molecular complexity index is 1010. The van der Waals surface area contributed by atoms with E-state index in [2.05, 4.69) is 0 Å². The van der Waals surface area contributed by atoms with Crippen molar-refractivity contribution < 1.29 is 22.7 Å². The highest BCUT2D eigenvalue weighted by Gasteiger charge is 2.27. The van der Waals surface area contributed by atoms with Crippen LogP contribution in [-0.2, 0) is 19.6 Å². The Morgan fingerprint density at radius 3 is 2.23 bits per heavy atom. The van der Waals surface area contributed by atoms with Crippen molar-refractivity contribution in [2.75, 3.05) is 25.0 Å². The molecule has 0 aliphatic rings. The van der Waals surface area contributed by atoms with E-state index in [-0.39, 0.29) is 15.5 Å². The summed E-state index contributed by atoms with van der Waals surface area (Å²) in [6, 6.07) is 12.8. The molecule has 0 radical (unpaired) electrons. The van der Waals surface area contributed by atoms with E-state index in [0.29, 0.717) is 18.8 Å². The minimum Gasteiger partial charge on any atom is -0.449 e. The SMILES string of the molecule is CCN(CC)S(=O)(=O)c1ccc(Cl)c(C(=O)O[C@@H](C)C(=O)N(C)c2ccccc2)c1. The maximum absolute atomic E-state index is 12.7. The first kappa shape index (κ1) is 23.9. The Morgan fingerprint density at radius 1 is 1.07 bits per heavy atom. The van der Waals surface area contributed by atoms with E-state index in [4.69, 9.17) is 16.3 Å². The lowest BCUT2D eigenvalue weighted by Gasteiger charge is -2.22. The molecule has 7 nitrogen and oxygen atoms in total. The maximum Gasteiger partial charge on any atom is 0.340 e. The second kappa shape index (κ2) is 10.1. The van der Waals surface area contributed by atoms with Gasteiger partial charge in [-0.05, 0) is 37.3 Å². The van der Waals surface area contributed by atoms with Crippen molar-refractivity contribution in [2.24, 2.45) is 0 Å². The van der Waals surface area contributed by atoms with Gasteiger partial charge >= 0.3 is 5.97 Å². The quantitative estimate of drug-likeness (QED) is 0.571. The predicted molar refractivity (Wildman–Crippen MR) is 116 cm³/mol. The zero-order valence-corrected chi connectivity index (χ0v) is 18.9. The van der Waals surface area contributed by atoms with E-state index in [1.807, 2.05) is 6.07 Å². The summed E-state index contributed by atoms with van der Waals surface area (Å²) in [7, 11) is -2.20. The number of carbonyl (C=O) groups excluding carboxylic acids is 2. The highest BCUT2D eigenvalue weighted by Crippen LogP contribution is 2.24. The van der Waals surface area contributed by atoms with E-state index in [9.17, 15) is 18.0 Å². The Morgan fingerprint density at radius 2 is 1.67 bits per heavy atom. The molecule has 0 saturated heterocycles. The molecule has 2 aromatic rings. The van der Waals surface area contributed by atoms with Gasteiger partial charge in [-0.1, -0.05) is 43.6 Å². The van der Waals surface area contributed by atoms with Crippen molar-refractivity contribution in [3.05, 3.63) is 59.1 Å². The Hall–Kier alpha value is -2.42. The number of nitrogens with zero attached hydrogens (tertiary/aromatic N) is 2. The van der Waals surface area contributed by atoms with Crippen LogP contribution in [0.15, 0.2) is 53.4 Å². The first-order chi connectivity index (χ1) is 14.1. The number of anilines is 1. The molecule has 0 aliphatic heterocycles. The Labute approximate surface area is 182 Å². The fourth-order valence-corrected chi connectivity index (χ4v) is 4.54. The number of carbonyl (C=O) groups is 2.